The van der Waals surface area contributed by atoms with E-state index in [0.717, 1.165) is 16.1 Å². The van der Waals surface area contributed by atoms with Crippen molar-refractivity contribution in [1.29, 1.82) is 0 Å². The first-order chi connectivity index (χ1) is 10.9. The molecule has 0 unspecified atom stereocenters. The van der Waals surface area contributed by atoms with Crippen LogP contribution in [0.5, 0.6) is 11.5 Å². The molecule has 0 fully saturated rings. The van der Waals surface area contributed by atoms with Crippen LogP contribution in [0.25, 0.3) is 10.4 Å². The number of amides is 1. The normalized spacial score (nSPS) is 10.7. The quantitative estimate of drug-likeness (QED) is 0.863. The number of aryl methyl sites for hydroxylation is 1. The molecule has 0 bridgehead atoms. The first-order valence-electron chi connectivity index (χ1n) is 7.47. The number of nitrogens with zero attached hydrogens (tertiary/aromatic N) is 1. The summed E-state index contributed by atoms with van der Waals surface area (Å²) in [4.78, 5) is 16.6. The molecule has 1 aromatic carbocycles. The van der Waals surface area contributed by atoms with Gasteiger partial charge < -0.3 is 14.8 Å². The number of benzene rings is 1. The molecule has 124 valence electrons. The topological polar surface area (TPSA) is 60.5 Å². The number of carbonyl (C=O) groups excluding carboxylic acids is 1. The molecule has 0 aliphatic rings. The van der Waals surface area contributed by atoms with E-state index in [1.54, 1.807) is 7.11 Å². The predicted molar refractivity (Wildman–Crippen MR) is 93.5 cm³/mol. The van der Waals surface area contributed by atoms with Gasteiger partial charge in [-0.25, -0.2) is 4.98 Å². The Morgan fingerprint density at radius 2 is 2.13 bits per heavy atom. The first kappa shape index (κ1) is 17.3. The van der Waals surface area contributed by atoms with Gasteiger partial charge in [0.15, 0.2) is 16.6 Å². The molecular formula is C17H22N2O3S. The van der Waals surface area contributed by atoms with Crippen molar-refractivity contribution in [2.24, 2.45) is 5.92 Å². The zero-order valence-corrected chi connectivity index (χ0v) is 14.9. The Hall–Kier alpha value is -2.08. The van der Waals surface area contributed by atoms with Gasteiger partial charge in [-0.1, -0.05) is 31.3 Å². The molecular weight excluding hydrogens is 312 g/mol. The van der Waals surface area contributed by atoms with Crippen molar-refractivity contribution in [3.63, 3.8) is 0 Å². The second-order valence-electron chi connectivity index (χ2n) is 5.66. The summed E-state index contributed by atoms with van der Waals surface area (Å²) in [5, 5.41) is 3.31. The molecule has 2 rings (SSSR count). The predicted octanol–water partition coefficient (Wildman–Crippen LogP) is 4.12. The third-order valence-corrected chi connectivity index (χ3v) is 4.19. The largest absolute Gasteiger partial charge is 0.492 e. The van der Waals surface area contributed by atoms with E-state index in [1.165, 1.54) is 18.3 Å². The molecule has 5 nitrogen and oxygen atoms in total. The lowest BCUT2D eigenvalue weighted by molar-refractivity contribution is -0.114. The van der Waals surface area contributed by atoms with Crippen LogP contribution in [0.2, 0.25) is 0 Å². The van der Waals surface area contributed by atoms with Crippen LogP contribution in [-0.2, 0) is 4.79 Å². The minimum Gasteiger partial charge on any atom is -0.492 e. The van der Waals surface area contributed by atoms with E-state index < -0.39 is 0 Å². The minimum atomic E-state index is -0.133. The van der Waals surface area contributed by atoms with E-state index in [0.29, 0.717) is 29.2 Å². The van der Waals surface area contributed by atoms with Crippen LogP contribution in [0.1, 0.15) is 26.5 Å². The van der Waals surface area contributed by atoms with Crippen molar-refractivity contribution in [2.75, 3.05) is 19.0 Å². The summed E-state index contributed by atoms with van der Waals surface area (Å²) < 4.78 is 11.4. The van der Waals surface area contributed by atoms with E-state index in [1.807, 2.05) is 25.1 Å². The maximum Gasteiger partial charge on any atom is 0.223 e. The van der Waals surface area contributed by atoms with Gasteiger partial charge >= 0.3 is 0 Å². The van der Waals surface area contributed by atoms with Gasteiger partial charge in [0.1, 0.15) is 0 Å². The summed E-state index contributed by atoms with van der Waals surface area (Å²) in [6.07, 6.45) is 0. The zero-order chi connectivity index (χ0) is 17.0. The summed E-state index contributed by atoms with van der Waals surface area (Å²) >= 11 is 1.42. The third kappa shape index (κ3) is 4.22. The number of nitrogens with one attached hydrogen (secondary N) is 1. The van der Waals surface area contributed by atoms with E-state index in [9.17, 15) is 4.79 Å². The molecule has 0 atom stereocenters. The Bertz CT molecular complexity index is 695. The molecule has 0 saturated heterocycles. The summed E-state index contributed by atoms with van der Waals surface area (Å²) in [6, 6.07) is 5.81. The zero-order valence-electron chi connectivity index (χ0n) is 14.1. The van der Waals surface area contributed by atoms with Crippen LogP contribution < -0.4 is 14.8 Å². The Morgan fingerprint density at radius 1 is 1.39 bits per heavy atom. The van der Waals surface area contributed by atoms with Gasteiger partial charge in [0.25, 0.3) is 0 Å². The Labute approximate surface area is 140 Å². The van der Waals surface area contributed by atoms with Gasteiger partial charge in [-0.3, -0.25) is 4.79 Å². The number of aromatic nitrogens is 1. The van der Waals surface area contributed by atoms with Crippen LogP contribution in [0.3, 0.4) is 0 Å². The molecule has 0 aliphatic carbocycles. The van der Waals surface area contributed by atoms with Gasteiger partial charge in [-0.15, -0.1) is 0 Å². The second-order valence-corrected chi connectivity index (χ2v) is 6.66. The number of hydrogen-bond acceptors (Lipinski definition) is 5. The standard InChI is InChI=1S/C17H22N2O3S/c1-10(2)9-22-14-8-6-7-13(15(14)21-5)16-11(3)18-17(23-16)19-12(4)20/h6-8,10H,9H2,1-5H3,(H,18,19,20). The molecule has 0 saturated carbocycles. The lowest BCUT2D eigenvalue weighted by Gasteiger charge is -2.15. The summed E-state index contributed by atoms with van der Waals surface area (Å²) in [5.41, 5.74) is 1.76. The first-order valence-corrected chi connectivity index (χ1v) is 8.29. The highest BCUT2D eigenvalue weighted by molar-refractivity contribution is 7.19. The lowest BCUT2D eigenvalue weighted by atomic mass is 10.1. The molecule has 0 spiro atoms. The van der Waals surface area contributed by atoms with E-state index >= 15 is 0 Å². The van der Waals surface area contributed by atoms with E-state index in [4.69, 9.17) is 9.47 Å². The van der Waals surface area contributed by atoms with Crippen LogP contribution in [0, 0.1) is 12.8 Å². The average Bonchev–Trinajstić information content (AvgIpc) is 2.84. The molecule has 1 N–H and O–H groups in total. The van der Waals surface area contributed by atoms with E-state index in [2.05, 4.69) is 24.1 Å². The fourth-order valence-corrected chi connectivity index (χ4v) is 3.16. The maximum absolute atomic E-state index is 11.2. The Morgan fingerprint density at radius 3 is 2.74 bits per heavy atom. The number of anilines is 1. The van der Waals surface area contributed by atoms with Crippen LogP contribution in [0.15, 0.2) is 18.2 Å². The maximum atomic E-state index is 11.2. The molecule has 0 radical (unpaired) electrons. The van der Waals surface area contributed by atoms with Gasteiger partial charge in [-0.2, -0.15) is 0 Å². The van der Waals surface area contributed by atoms with Crippen molar-refractivity contribution in [1.82, 2.24) is 4.98 Å². The van der Waals surface area contributed by atoms with Crippen molar-refractivity contribution in [3.05, 3.63) is 23.9 Å². The van der Waals surface area contributed by atoms with Gasteiger partial charge in [-0.05, 0) is 25.0 Å². The molecule has 0 aliphatic heterocycles. The molecule has 2 aromatic rings. The third-order valence-electron chi connectivity index (χ3n) is 3.08. The number of para-hydroxylation sites is 1. The minimum absolute atomic E-state index is 0.133. The van der Waals surface area contributed by atoms with Crippen molar-refractivity contribution >= 4 is 22.4 Å². The Balaban J connectivity index is 2.41. The van der Waals surface area contributed by atoms with Gasteiger partial charge in [0.2, 0.25) is 5.91 Å². The fourth-order valence-electron chi connectivity index (χ4n) is 2.13. The van der Waals surface area contributed by atoms with Crippen molar-refractivity contribution < 1.29 is 14.3 Å². The highest BCUT2D eigenvalue weighted by Crippen LogP contribution is 2.42. The van der Waals surface area contributed by atoms with E-state index in [-0.39, 0.29) is 5.91 Å². The highest BCUT2D eigenvalue weighted by atomic mass is 32.1. The van der Waals surface area contributed by atoms with Crippen LogP contribution in [-0.4, -0.2) is 24.6 Å². The van der Waals surface area contributed by atoms with Crippen LogP contribution in [0.4, 0.5) is 5.13 Å². The highest BCUT2D eigenvalue weighted by Gasteiger charge is 2.18. The summed E-state index contributed by atoms with van der Waals surface area (Å²) in [7, 11) is 1.63. The smallest absolute Gasteiger partial charge is 0.223 e. The molecule has 1 amide bonds. The second kappa shape index (κ2) is 7.46. The number of thiazole rings is 1. The summed E-state index contributed by atoms with van der Waals surface area (Å²) in [6.45, 7) is 8.21. The van der Waals surface area contributed by atoms with Crippen LogP contribution >= 0.6 is 11.3 Å². The Kier molecular flexibility index (Phi) is 5.60. The number of methoxy groups -OCH3 is 1. The average molecular weight is 334 g/mol. The number of hydrogen-bond donors (Lipinski definition) is 1. The molecule has 23 heavy (non-hydrogen) atoms. The molecule has 1 heterocycles. The fraction of sp³-hybridized carbons (Fsp3) is 0.412. The SMILES string of the molecule is COc1c(OCC(C)C)cccc1-c1sc(NC(C)=O)nc1C. The monoisotopic (exact) mass is 334 g/mol. The van der Waals surface area contributed by atoms with Crippen molar-refractivity contribution in [2.45, 2.75) is 27.7 Å². The lowest BCUT2D eigenvalue weighted by Crippen LogP contribution is -2.05. The number of ether oxygens (including phenoxy) is 2. The number of rotatable bonds is 6. The van der Waals surface area contributed by atoms with Gasteiger partial charge in [0, 0.05) is 12.5 Å². The molecule has 6 heteroatoms. The van der Waals surface area contributed by atoms with Crippen molar-refractivity contribution in [3.8, 4) is 21.9 Å². The molecule has 1 aromatic heterocycles. The van der Waals surface area contributed by atoms with Gasteiger partial charge in [0.05, 0.1) is 24.3 Å². The number of carbonyl (C=O) groups is 1. The summed E-state index contributed by atoms with van der Waals surface area (Å²) in [5.74, 6) is 1.70.